The highest BCUT2D eigenvalue weighted by atomic mass is 19.1. The molecule has 1 aromatic heterocycles. The first kappa shape index (κ1) is 16.5. The van der Waals surface area contributed by atoms with Crippen LogP contribution in [0.5, 0.6) is 5.75 Å². The third-order valence-electron chi connectivity index (χ3n) is 3.07. The van der Waals surface area contributed by atoms with Crippen molar-refractivity contribution in [1.29, 1.82) is 0 Å². The number of aliphatic carboxylic acids is 1. The maximum atomic E-state index is 12.8. The van der Waals surface area contributed by atoms with Gasteiger partial charge in [0.05, 0.1) is 5.92 Å². The molecule has 1 amide bonds. The Morgan fingerprint density at radius 1 is 1.26 bits per heavy atom. The summed E-state index contributed by atoms with van der Waals surface area (Å²) in [6, 6.07) is 8.58. The summed E-state index contributed by atoms with van der Waals surface area (Å²) >= 11 is 0. The van der Waals surface area contributed by atoms with E-state index in [2.05, 4.69) is 5.32 Å². The maximum Gasteiger partial charge on any atom is 0.308 e. The normalized spacial score (nSPS) is 11.7. The van der Waals surface area contributed by atoms with Crippen molar-refractivity contribution < 1.29 is 28.2 Å². The van der Waals surface area contributed by atoms with Gasteiger partial charge >= 0.3 is 5.97 Å². The van der Waals surface area contributed by atoms with E-state index in [1.165, 1.54) is 37.3 Å². The van der Waals surface area contributed by atoms with E-state index in [9.17, 15) is 14.0 Å². The monoisotopic (exact) mass is 321 g/mol. The summed E-state index contributed by atoms with van der Waals surface area (Å²) in [5, 5.41) is 11.2. The number of furan rings is 1. The van der Waals surface area contributed by atoms with Gasteiger partial charge in [0.15, 0.2) is 5.76 Å². The fourth-order valence-electron chi connectivity index (χ4n) is 1.68. The van der Waals surface area contributed by atoms with E-state index < -0.39 is 17.8 Å². The van der Waals surface area contributed by atoms with Crippen molar-refractivity contribution in [1.82, 2.24) is 5.32 Å². The number of carbonyl (C=O) groups excluding carboxylic acids is 1. The Labute approximate surface area is 131 Å². The largest absolute Gasteiger partial charge is 0.486 e. The quantitative estimate of drug-likeness (QED) is 0.817. The zero-order chi connectivity index (χ0) is 16.8. The van der Waals surface area contributed by atoms with Crippen LogP contribution in [-0.4, -0.2) is 23.5 Å². The number of amides is 1. The number of halogens is 1. The van der Waals surface area contributed by atoms with Crippen LogP contribution in [0, 0.1) is 11.7 Å². The average molecular weight is 321 g/mol. The predicted octanol–water partition coefficient (Wildman–Crippen LogP) is 2.45. The molecule has 0 radical (unpaired) electrons. The van der Waals surface area contributed by atoms with Gasteiger partial charge in [0.25, 0.3) is 5.91 Å². The minimum Gasteiger partial charge on any atom is -0.486 e. The highest BCUT2D eigenvalue weighted by molar-refractivity contribution is 5.91. The number of hydrogen-bond acceptors (Lipinski definition) is 4. The molecule has 23 heavy (non-hydrogen) atoms. The third-order valence-corrected chi connectivity index (χ3v) is 3.07. The van der Waals surface area contributed by atoms with Gasteiger partial charge in [-0.3, -0.25) is 9.59 Å². The van der Waals surface area contributed by atoms with Crippen LogP contribution in [-0.2, 0) is 11.4 Å². The summed E-state index contributed by atoms with van der Waals surface area (Å²) in [5.41, 5.74) is 0. The summed E-state index contributed by atoms with van der Waals surface area (Å²) in [6.07, 6.45) is 0. The minimum absolute atomic E-state index is 0.0102. The van der Waals surface area contributed by atoms with Gasteiger partial charge in [-0.25, -0.2) is 4.39 Å². The SMILES string of the molecule is CC(CNC(=O)c1ccc(COc2ccc(F)cc2)o1)C(=O)O. The molecule has 1 atom stereocenters. The molecule has 0 saturated heterocycles. The molecule has 7 heteroatoms. The molecule has 0 spiro atoms. The standard InChI is InChI=1S/C16H16FNO5/c1-10(16(20)21)8-18-15(19)14-7-6-13(23-14)9-22-12-4-2-11(17)3-5-12/h2-7,10H,8-9H2,1H3,(H,18,19)(H,20,21). The van der Waals surface area contributed by atoms with Crippen molar-refractivity contribution in [2.75, 3.05) is 6.54 Å². The van der Waals surface area contributed by atoms with Gasteiger partial charge in [0, 0.05) is 6.54 Å². The zero-order valence-electron chi connectivity index (χ0n) is 12.4. The Balaban J connectivity index is 1.86. The van der Waals surface area contributed by atoms with Crippen LogP contribution < -0.4 is 10.1 Å². The number of carboxylic acid groups (broad SMARTS) is 1. The Morgan fingerprint density at radius 2 is 1.96 bits per heavy atom. The lowest BCUT2D eigenvalue weighted by atomic mass is 10.2. The number of nitrogens with one attached hydrogen (secondary N) is 1. The smallest absolute Gasteiger partial charge is 0.308 e. The van der Waals surface area contributed by atoms with Gasteiger partial charge in [-0.2, -0.15) is 0 Å². The number of rotatable bonds is 7. The molecule has 122 valence electrons. The van der Waals surface area contributed by atoms with Crippen molar-refractivity contribution in [3.63, 3.8) is 0 Å². The lowest BCUT2D eigenvalue weighted by Gasteiger charge is -2.07. The first-order chi connectivity index (χ1) is 11.0. The van der Waals surface area contributed by atoms with Crippen LogP contribution in [0.25, 0.3) is 0 Å². The molecular formula is C16H16FNO5. The minimum atomic E-state index is -0.988. The van der Waals surface area contributed by atoms with Crippen LogP contribution in [0.4, 0.5) is 4.39 Å². The van der Waals surface area contributed by atoms with Crippen molar-refractivity contribution in [2.24, 2.45) is 5.92 Å². The van der Waals surface area contributed by atoms with E-state index >= 15 is 0 Å². The number of benzene rings is 1. The second-order valence-corrected chi connectivity index (χ2v) is 4.96. The topological polar surface area (TPSA) is 88.8 Å². The van der Waals surface area contributed by atoms with Crippen LogP contribution in [0.2, 0.25) is 0 Å². The second-order valence-electron chi connectivity index (χ2n) is 4.96. The predicted molar refractivity (Wildman–Crippen MR) is 78.6 cm³/mol. The highest BCUT2D eigenvalue weighted by Crippen LogP contribution is 2.15. The molecule has 2 aromatic rings. The molecule has 0 bridgehead atoms. The molecule has 1 aromatic carbocycles. The molecule has 2 N–H and O–H groups in total. The van der Waals surface area contributed by atoms with Gasteiger partial charge < -0.3 is 19.6 Å². The average Bonchev–Trinajstić information content (AvgIpc) is 3.00. The number of hydrogen-bond donors (Lipinski definition) is 2. The molecule has 1 unspecified atom stereocenters. The van der Waals surface area contributed by atoms with Gasteiger partial charge in [-0.05, 0) is 36.4 Å². The van der Waals surface area contributed by atoms with E-state index in [0.29, 0.717) is 11.5 Å². The van der Waals surface area contributed by atoms with Crippen LogP contribution in [0.3, 0.4) is 0 Å². The zero-order valence-corrected chi connectivity index (χ0v) is 12.4. The molecule has 0 aliphatic heterocycles. The van der Waals surface area contributed by atoms with Crippen LogP contribution in [0.1, 0.15) is 23.2 Å². The number of carbonyl (C=O) groups is 2. The van der Waals surface area contributed by atoms with E-state index in [4.69, 9.17) is 14.3 Å². The highest BCUT2D eigenvalue weighted by Gasteiger charge is 2.15. The second kappa shape index (κ2) is 7.44. The molecular weight excluding hydrogens is 305 g/mol. The summed E-state index contributed by atoms with van der Waals surface area (Å²) in [5.74, 6) is -1.56. The van der Waals surface area contributed by atoms with Crippen molar-refractivity contribution in [3.8, 4) is 5.75 Å². The number of ether oxygens (including phenoxy) is 1. The molecule has 0 aliphatic carbocycles. The summed E-state index contributed by atoms with van der Waals surface area (Å²) in [6.45, 7) is 1.59. The van der Waals surface area contributed by atoms with Gasteiger partial charge in [0.1, 0.15) is 23.9 Å². The van der Waals surface area contributed by atoms with Crippen molar-refractivity contribution in [3.05, 3.63) is 53.7 Å². The number of carboxylic acids is 1. The van der Waals surface area contributed by atoms with Gasteiger partial charge in [-0.1, -0.05) is 6.92 Å². The lowest BCUT2D eigenvalue weighted by molar-refractivity contribution is -0.140. The fourth-order valence-corrected chi connectivity index (χ4v) is 1.68. The summed E-state index contributed by atoms with van der Waals surface area (Å²) in [4.78, 5) is 22.5. The van der Waals surface area contributed by atoms with Crippen LogP contribution in [0.15, 0.2) is 40.8 Å². The fraction of sp³-hybridized carbons (Fsp3) is 0.250. The first-order valence-electron chi connectivity index (χ1n) is 6.94. The van der Waals surface area contributed by atoms with Gasteiger partial charge in [-0.15, -0.1) is 0 Å². The van der Waals surface area contributed by atoms with E-state index in [-0.39, 0.29) is 24.7 Å². The van der Waals surface area contributed by atoms with Crippen molar-refractivity contribution in [2.45, 2.75) is 13.5 Å². The molecule has 2 rings (SSSR count). The molecule has 0 fully saturated rings. The van der Waals surface area contributed by atoms with Gasteiger partial charge in [0.2, 0.25) is 0 Å². The molecule has 0 saturated carbocycles. The van der Waals surface area contributed by atoms with E-state index in [1.54, 1.807) is 6.07 Å². The van der Waals surface area contributed by atoms with Crippen LogP contribution >= 0.6 is 0 Å². The van der Waals surface area contributed by atoms with E-state index in [0.717, 1.165) is 0 Å². The summed E-state index contributed by atoms with van der Waals surface area (Å²) < 4.78 is 23.5. The van der Waals surface area contributed by atoms with Crippen molar-refractivity contribution >= 4 is 11.9 Å². The Hall–Kier alpha value is -2.83. The first-order valence-corrected chi connectivity index (χ1v) is 6.94. The molecule has 1 heterocycles. The Bertz CT molecular complexity index is 680. The third kappa shape index (κ3) is 4.84. The summed E-state index contributed by atoms with van der Waals surface area (Å²) in [7, 11) is 0. The Kier molecular flexibility index (Phi) is 5.35. The lowest BCUT2D eigenvalue weighted by Crippen LogP contribution is -2.31. The Morgan fingerprint density at radius 3 is 2.61 bits per heavy atom. The van der Waals surface area contributed by atoms with E-state index in [1.807, 2.05) is 0 Å². The molecule has 0 aliphatic rings. The maximum absolute atomic E-state index is 12.8. The molecule has 6 nitrogen and oxygen atoms in total.